The molecule has 0 aliphatic heterocycles. The van der Waals surface area contributed by atoms with Gasteiger partial charge < -0.3 is 10.1 Å². The second kappa shape index (κ2) is 7.94. The Morgan fingerprint density at radius 1 is 1.08 bits per heavy atom. The van der Waals surface area contributed by atoms with Crippen molar-refractivity contribution >= 4 is 17.2 Å². The number of amides is 1. The van der Waals surface area contributed by atoms with Gasteiger partial charge in [-0.1, -0.05) is 24.3 Å². The number of aromatic nitrogens is 1. The number of nitrogens with zero attached hydrogens (tertiary/aromatic N) is 1. The van der Waals surface area contributed by atoms with Gasteiger partial charge in [-0.25, -0.2) is 4.98 Å². The highest BCUT2D eigenvalue weighted by atomic mass is 32.1. The maximum atomic E-state index is 11.0. The van der Waals surface area contributed by atoms with Crippen LogP contribution in [0.2, 0.25) is 0 Å². The van der Waals surface area contributed by atoms with Crippen molar-refractivity contribution in [1.29, 1.82) is 0 Å². The van der Waals surface area contributed by atoms with Crippen molar-refractivity contribution in [3.63, 3.8) is 0 Å². The Kier molecular flexibility index (Phi) is 5.46. The normalized spacial score (nSPS) is 10.5. The molecule has 3 rings (SSSR count). The Hall–Kier alpha value is -2.66. The Bertz CT molecular complexity index is 839. The zero-order chi connectivity index (χ0) is 17.6. The van der Waals surface area contributed by atoms with Crippen LogP contribution in [0.5, 0.6) is 5.75 Å². The molecule has 1 amide bonds. The molecule has 4 nitrogen and oxygen atoms in total. The van der Waals surface area contributed by atoms with Crippen LogP contribution in [0, 0.1) is 0 Å². The van der Waals surface area contributed by atoms with Gasteiger partial charge in [0.2, 0.25) is 5.91 Å². The molecule has 0 bridgehead atoms. The van der Waals surface area contributed by atoms with Crippen LogP contribution in [-0.2, 0) is 11.3 Å². The van der Waals surface area contributed by atoms with Crippen molar-refractivity contribution in [2.45, 2.75) is 20.4 Å². The summed E-state index contributed by atoms with van der Waals surface area (Å²) in [5.41, 5.74) is 4.18. The summed E-state index contributed by atoms with van der Waals surface area (Å²) in [7, 11) is 0. The van der Waals surface area contributed by atoms with Crippen LogP contribution in [0.1, 0.15) is 19.4 Å². The zero-order valence-corrected chi connectivity index (χ0v) is 15.1. The minimum atomic E-state index is -0.0245. The van der Waals surface area contributed by atoms with Gasteiger partial charge in [0, 0.05) is 30.0 Å². The maximum absolute atomic E-state index is 11.0. The van der Waals surface area contributed by atoms with Gasteiger partial charge in [0.05, 0.1) is 12.3 Å². The molecule has 0 aliphatic carbocycles. The number of benzene rings is 2. The van der Waals surface area contributed by atoms with Crippen LogP contribution >= 0.6 is 11.3 Å². The third kappa shape index (κ3) is 4.45. The first-order chi connectivity index (χ1) is 12.2. The molecule has 25 heavy (non-hydrogen) atoms. The summed E-state index contributed by atoms with van der Waals surface area (Å²) in [6.45, 7) is 4.71. The van der Waals surface area contributed by atoms with Crippen LogP contribution in [0.25, 0.3) is 21.8 Å². The quantitative estimate of drug-likeness (QED) is 0.710. The molecular formula is C20H20N2O2S. The van der Waals surface area contributed by atoms with Crippen LogP contribution in [0.3, 0.4) is 0 Å². The largest absolute Gasteiger partial charge is 0.494 e. The monoisotopic (exact) mass is 352 g/mol. The number of carbonyl (C=O) groups excluding carboxylic acids is 1. The summed E-state index contributed by atoms with van der Waals surface area (Å²) in [6.07, 6.45) is 0. The molecule has 2 aromatic carbocycles. The fourth-order valence-corrected chi connectivity index (χ4v) is 3.25. The Morgan fingerprint density at radius 2 is 1.76 bits per heavy atom. The smallest absolute Gasteiger partial charge is 0.217 e. The number of hydrogen-bond donors (Lipinski definition) is 1. The van der Waals surface area contributed by atoms with E-state index in [2.05, 4.69) is 10.7 Å². The van der Waals surface area contributed by atoms with E-state index in [0.29, 0.717) is 13.2 Å². The van der Waals surface area contributed by atoms with Crippen LogP contribution < -0.4 is 10.1 Å². The highest BCUT2D eigenvalue weighted by Gasteiger charge is 2.07. The molecule has 0 spiro atoms. The number of thiazole rings is 1. The Balaban J connectivity index is 1.73. The molecule has 5 heteroatoms. The van der Waals surface area contributed by atoms with Gasteiger partial charge in [0.15, 0.2) is 0 Å². The molecule has 1 aromatic heterocycles. The third-order valence-corrected chi connectivity index (χ3v) is 4.60. The van der Waals surface area contributed by atoms with E-state index >= 15 is 0 Å². The molecule has 0 atom stereocenters. The highest BCUT2D eigenvalue weighted by molar-refractivity contribution is 7.13. The van der Waals surface area contributed by atoms with E-state index in [4.69, 9.17) is 9.72 Å². The van der Waals surface area contributed by atoms with E-state index < -0.39 is 0 Å². The number of carbonyl (C=O) groups is 1. The highest BCUT2D eigenvalue weighted by Crippen LogP contribution is 2.30. The van der Waals surface area contributed by atoms with Crippen molar-refractivity contribution in [2.75, 3.05) is 6.61 Å². The molecule has 3 aromatic rings. The van der Waals surface area contributed by atoms with Gasteiger partial charge >= 0.3 is 0 Å². The van der Waals surface area contributed by atoms with Gasteiger partial charge in [0.1, 0.15) is 10.8 Å². The second-order valence-electron chi connectivity index (χ2n) is 5.60. The van der Waals surface area contributed by atoms with Crippen LogP contribution in [0.15, 0.2) is 53.9 Å². The number of hydrogen-bond acceptors (Lipinski definition) is 4. The van der Waals surface area contributed by atoms with E-state index in [1.807, 2.05) is 55.5 Å². The summed E-state index contributed by atoms with van der Waals surface area (Å²) < 4.78 is 5.47. The lowest BCUT2D eigenvalue weighted by Gasteiger charge is -2.04. The first kappa shape index (κ1) is 17.2. The first-order valence-corrected chi connectivity index (χ1v) is 9.06. The van der Waals surface area contributed by atoms with Gasteiger partial charge in [-0.3, -0.25) is 4.79 Å². The molecule has 0 saturated heterocycles. The first-order valence-electron chi connectivity index (χ1n) is 8.18. The Labute approximate surface area is 151 Å². The lowest BCUT2D eigenvalue weighted by Crippen LogP contribution is -2.18. The van der Waals surface area contributed by atoms with E-state index in [9.17, 15) is 4.79 Å². The topological polar surface area (TPSA) is 51.2 Å². The minimum absolute atomic E-state index is 0.0245. The maximum Gasteiger partial charge on any atom is 0.217 e. The zero-order valence-electron chi connectivity index (χ0n) is 14.3. The molecule has 1 N–H and O–H groups in total. The fraction of sp³-hybridized carbons (Fsp3) is 0.200. The van der Waals surface area contributed by atoms with Crippen LogP contribution in [-0.4, -0.2) is 17.5 Å². The minimum Gasteiger partial charge on any atom is -0.494 e. The van der Waals surface area contributed by atoms with Crippen molar-refractivity contribution in [3.05, 3.63) is 59.5 Å². The van der Waals surface area contributed by atoms with Crippen molar-refractivity contribution in [3.8, 4) is 27.6 Å². The molecule has 0 aliphatic rings. The summed E-state index contributed by atoms with van der Waals surface area (Å²) in [4.78, 5) is 15.7. The predicted molar refractivity (Wildman–Crippen MR) is 102 cm³/mol. The third-order valence-electron chi connectivity index (χ3n) is 3.71. The van der Waals surface area contributed by atoms with E-state index in [1.54, 1.807) is 11.3 Å². The van der Waals surface area contributed by atoms with E-state index in [0.717, 1.165) is 33.1 Å². The average molecular weight is 352 g/mol. The lowest BCUT2D eigenvalue weighted by molar-refractivity contribution is -0.119. The van der Waals surface area contributed by atoms with E-state index in [1.165, 1.54) is 6.92 Å². The number of ether oxygens (including phenoxy) is 1. The second-order valence-corrected chi connectivity index (χ2v) is 6.46. The molecule has 0 unspecified atom stereocenters. The molecular weight excluding hydrogens is 332 g/mol. The van der Waals surface area contributed by atoms with Crippen molar-refractivity contribution in [2.24, 2.45) is 0 Å². The number of nitrogens with one attached hydrogen (secondary N) is 1. The lowest BCUT2D eigenvalue weighted by atomic mass is 10.1. The molecule has 1 heterocycles. The standard InChI is InChI=1S/C20H20N2O2S/c1-3-24-18-10-8-17(9-11-18)20-22-19(13-25-20)16-6-4-15(5-7-16)12-21-14(2)23/h4-11,13H,3,12H2,1-2H3,(H,21,23). The summed E-state index contributed by atoms with van der Waals surface area (Å²) >= 11 is 1.63. The molecule has 0 saturated carbocycles. The van der Waals surface area contributed by atoms with Gasteiger partial charge in [-0.05, 0) is 36.8 Å². The molecule has 0 radical (unpaired) electrons. The SMILES string of the molecule is CCOc1ccc(-c2nc(-c3ccc(CNC(C)=O)cc3)cs2)cc1. The summed E-state index contributed by atoms with van der Waals surface area (Å²) in [5, 5.41) is 5.85. The van der Waals surface area contributed by atoms with Crippen LogP contribution in [0.4, 0.5) is 0 Å². The van der Waals surface area contributed by atoms with Gasteiger partial charge in [0.25, 0.3) is 0 Å². The predicted octanol–water partition coefficient (Wildman–Crippen LogP) is 4.51. The van der Waals surface area contributed by atoms with Crippen molar-refractivity contribution in [1.82, 2.24) is 10.3 Å². The van der Waals surface area contributed by atoms with Gasteiger partial charge in [-0.15, -0.1) is 11.3 Å². The molecule has 128 valence electrons. The van der Waals surface area contributed by atoms with E-state index in [-0.39, 0.29) is 5.91 Å². The summed E-state index contributed by atoms with van der Waals surface area (Å²) in [5.74, 6) is 0.848. The fourth-order valence-electron chi connectivity index (χ4n) is 2.42. The average Bonchev–Trinajstić information content (AvgIpc) is 3.11. The summed E-state index contributed by atoms with van der Waals surface area (Å²) in [6, 6.07) is 16.1. The molecule has 0 fully saturated rings. The van der Waals surface area contributed by atoms with Crippen molar-refractivity contribution < 1.29 is 9.53 Å². The number of rotatable bonds is 6. The Morgan fingerprint density at radius 3 is 2.40 bits per heavy atom. The van der Waals surface area contributed by atoms with Gasteiger partial charge in [-0.2, -0.15) is 0 Å².